The van der Waals surface area contributed by atoms with Gasteiger partial charge in [-0.05, 0) is 63.7 Å². The van der Waals surface area contributed by atoms with Gasteiger partial charge in [0.2, 0.25) is 0 Å². The number of fused-ring (bicyclic) bond motifs is 6. The predicted octanol–water partition coefficient (Wildman–Crippen LogP) is 11.4. The van der Waals surface area contributed by atoms with Gasteiger partial charge in [0.25, 0.3) is 0 Å². The Labute approximate surface area is 257 Å². The average molecular weight is 581 g/mol. The summed E-state index contributed by atoms with van der Waals surface area (Å²) in [6, 6.07) is 49.3. The van der Waals surface area contributed by atoms with E-state index in [4.69, 9.17) is 9.40 Å². The van der Waals surface area contributed by atoms with Gasteiger partial charge in [0.05, 0.1) is 0 Å². The van der Waals surface area contributed by atoms with E-state index in [9.17, 15) is 0 Å². The fourth-order valence-electron chi connectivity index (χ4n) is 6.28. The molecule has 3 nitrogen and oxygen atoms in total. The molecule has 0 radical (unpaired) electrons. The first-order valence-electron chi connectivity index (χ1n) is 14.6. The first-order chi connectivity index (χ1) is 21.8. The van der Waals surface area contributed by atoms with E-state index in [1.54, 1.807) is 6.33 Å². The van der Waals surface area contributed by atoms with Crippen LogP contribution in [0.5, 0.6) is 0 Å². The fraction of sp³-hybridized carbons (Fsp3) is 0. The van der Waals surface area contributed by atoms with E-state index in [1.807, 2.05) is 23.5 Å². The molecular formula is C40H24N2OS. The molecule has 0 aliphatic carbocycles. The quantitative estimate of drug-likeness (QED) is 0.208. The van der Waals surface area contributed by atoms with Crippen LogP contribution in [0.15, 0.2) is 150 Å². The first-order valence-corrected chi connectivity index (χ1v) is 15.5. The lowest BCUT2D eigenvalue weighted by Gasteiger charge is -2.09. The summed E-state index contributed by atoms with van der Waals surface area (Å²) in [7, 11) is 0. The van der Waals surface area contributed by atoms with Gasteiger partial charge in [-0.3, -0.25) is 0 Å². The number of aromatic nitrogens is 2. The SMILES string of the molecule is c1ccc(-c2ccc3oc4c(-c5cccc(-c6cccc(-c7cccc8c7sc7ccccc78)c6)c5)ncnc4c3c2)cc1. The van der Waals surface area contributed by atoms with Gasteiger partial charge in [0, 0.05) is 31.1 Å². The Hall–Kier alpha value is -5.58. The lowest BCUT2D eigenvalue weighted by Crippen LogP contribution is -1.88. The zero-order valence-corrected chi connectivity index (χ0v) is 24.4. The van der Waals surface area contributed by atoms with Crippen molar-refractivity contribution in [1.29, 1.82) is 0 Å². The normalized spacial score (nSPS) is 11.6. The van der Waals surface area contributed by atoms with Crippen molar-refractivity contribution in [1.82, 2.24) is 9.97 Å². The number of thiophene rings is 1. The molecule has 0 fully saturated rings. The highest BCUT2D eigenvalue weighted by Crippen LogP contribution is 2.41. The molecule has 3 aromatic heterocycles. The molecule has 0 saturated carbocycles. The third-order valence-corrected chi connectivity index (χ3v) is 9.62. The molecule has 0 unspecified atom stereocenters. The van der Waals surface area contributed by atoms with Crippen molar-refractivity contribution in [3.05, 3.63) is 146 Å². The molecule has 44 heavy (non-hydrogen) atoms. The van der Waals surface area contributed by atoms with Crippen molar-refractivity contribution in [2.24, 2.45) is 0 Å². The second-order valence-electron chi connectivity index (χ2n) is 11.0. The molecule has 9 rings (SSSR count). The van der Waals surface area contributed by atoms with Crippen molar-refractivity contribution >= 4 is 53.6 Å². The molecule has 0 aliphatic heterocycles. The van der Waals surface area contributed by atoms with E-state index >= 15 is 0 Å². The highest BCUT2D eigenvalue weighted by atomic mass is 32.1. The summed E-state index contributed by atoms with van der Waals surface area (Å²) < 4.78 is 9.03. The van der Waals surface area contributed by atoms with Crippen molar-refractivity contribution in [3.8, 4) is 44.6 Å². The lowest BCUT2D eigenvalue weighted by atomic mass is 9.96. The summed E-state index contributed by atoms with van der Waals surface area (Å²) in [6.07, 6.45) is 1.64. The van der Waals surface area contributed by atoms with Gasteiger partial charge in [0.15, 0.2) is 5.58 Å². The minimum atomic E-state index is 0.704. The largest absolute Gasteiger partial charge is 0.452 e. The van der Waals surface area contributed by atoms with Crippen LogP contribution in [0.25, 0.3) is 86.9 Å². The topological polar surface area (TPSA) is 38.9 Å². The first kappa shape index (κ1) is 25.0. The monoisotopic (exact) mass is 580 g/mol. The van der Waals surface area contributed by atoms with Crippen LogP contribution in [0.2, 0.25) is 0 Å². The number of hydrogen-bond acceptors (Lipinski definition) is 4. The van der Waals surface area contributed by atoms with Gasteiger partial charge < -0.3 is 4.42 Å². The van der Waals surface area contributed by atoms with Gasteiger partial charge in [0.1, 0.15) is 23.1 Å². The van der Waals surface area contributed by atoms with Gasteiger partial charge >= 0.3 is 0 Å². The Kier molecular flexibility index (Phi) is 5.68. The van der Waals surface area contributed by atoms with Gasteiger partial charge in [-0.1, -0.05) is 109 Å². The Morgan fingerprint density at radius 3 is 2.05 bits per heavy atom. The third kappa shape index (κ3) is 4.03. The third-order valence-electron chi connectivity index (χ3n) is 8.40. The molecule has 0 N–H and O–H groups in total. The summed E-state index contributed by atoms with van der Waals surface area (Å²) >= 11 is 1.86. The maximum Gasteiger partial charge on any atom is 0.180 e. The number of hydrogen-bond donors (Lipinski definition) is 0. The maximum absolute atomic E-state index is 6.39. The van der Waals surface area contributed by atoms with Gasteiger partial charge in [-0.25, -0.2) is 9.97 Å². The summed E-state index contributed by atoms with van der Waals surface area (Å²) in [5, 5.41) is 3.62. The molecule has 0 amide bonds. The van der Waals surface area contributed by atoms with Crippen LogP contribution in [-0.2, 0) is 0 Å². The lowest BCUT2D eigenvalue weighted by molar-refractivity contribution is 0.667. The van der Waals surface area contributed by atoms with Crippen molar-refractivity contribution in [2.75, 3.05) is 0 Å². The summed E-state index contributed by atoms with van der Waals surface area (Å²) in [6.45, 7) is 0. The Morgan fingerprint density at radius 1 is 0.477 bits per heavy atom. The van der Waals surface area contributed by atoms with Crippen LogP contribution in [0.1, 0.15) is 0 Å². The van der Waals surface area contributed by atoms with Crippen molar-refractivity contribution < 1.29 is 4.42 Å². The van der Waals surface area contributed by atoms with Crippen molar-refractivity contribution in [3.63, 3.8) is 0 Å². The number of rotatable bonds is 4. The Morgan fingerprint density at radius 2 is 1.16 bits per heavy atom. The van der Waals surface area contributed by atoms with Crippen molar-refractivity contribution in [2.45, 2.75) is 0 Å². The summed E-state index contributed by atoms with van der Waals surface area (Å²) in [4.78, 5) is 9.36. The van der Waals surface area contributed by atoms with E-state index in [2.05, 4.69) is 132 Å². The molecule has 206 valence electrons. The van der Waals surface area contributed by atoms with Crippen LogP contribution in [0, 0.1) is 0 Å². The Bertz CT molecular complexity index is 2510. The summed E-state index contributed by atoms with van der Waals surface area (Å²) in [5.41, 5.74) is 11.2. The summed E-state index contributed by atoms with van der Waals surface area (Å²) in [5.74, 6) is 0. The molecule has 0 saturated heterocycles. The molecular weight excluding hydrogens is 557 g/mol. The van der Waals surface area contributed by atoms with Crippen LogP contribution in [0.3, 0.4) is 0 Å². The molecule has 0 aliphatic rings. The zero-order valence-electron chi connectivity index (χ0n) is 23.6. The highest BCUT2D eigenvalue weighted by Gasteiger charge is 2.17. The second-order valence-corrected chi connectivity index (χ2v) is 12.1. The number of nitrogens with zero attached hydrogens (tertiary/aromatic N) is 2. The fourth-order valence-corrected chi connectivity index (χ4v) is 7.52. The number of benzene rings is 6. The predicted molar refractivity (Wildman–Crippen MR) is 184 cm³/mol. The molecule has 6 aromatic carbocycles. The number of furan rings is 1. The highest BCUT2D eigenvalue weighted by molar-refractivity contribution is 7.26. The standard InChI is InChI=1S/C40H24N2OS/c1-2-9-25(10-3-1)28-19-20-35-34(23-28)38-39(43-35)37(41-24-42-38)30-14-7-12-27(22-30)26-11-6-13-29(21-26)31-16-8-17-33-32-15-4-5-18-36(32)44-40(31)33/h1-24H. The minimum absolute atomic E-state index is 0.704. The molecule has 4 heteroatoms. The van der Waals surface area contributed by atoms with Crippen LogP contribution >= 0.6 is 11.3 Å². The van der Waals surface area contributed by atoms with Gasteiger partial charge in [-0.15, -0.1) is 11.3 Å². The molecule has 9 aromatic rings. The Balaban J connectivity index is 1.14. The van der Waals surface area contributed by atoms with E-state index in [0.29, 0.717) is 5.58 Å². The van der Waals surface area contributed by atoms with Crippen LogP contribution in [0.4, 0.5) is 0 Å². The second kappa shape index (κ2) is 10.0. The molecule has 0 bridgehead atoms. The van der Waals surface area contributed by atoms with Crippen LogP contribution in [-0.4, -0.2) is 9.97 Å². The zero-order chi connectivity index (χ0) is 29.0. The van der Waals surface area contributed by atoms with E-state index in [1.165, 1.54) is 31.3 Å². The molecule has 0 spiro atoms. The average Bonchev–Trinajstić information content (AvgIpc) is 3.67. The molecule has 0 atom stereocenters. The van der Waals surface area contributed by atoms with E-state index in [0.717, 1.165) is 50.0 Å². The van der Waals surface area contributed by atoms with Gasteiger partial charge in [-0.2, -0.15) is 0 Å². The minimum Gasteiger partial charge on any atom is -0.452 e. The van der Waals surface area contributed by atoms with E-state index in [-0.39, 0.29) is 0 Å². The molecule has 3 heterocycles. The smallest absolute Gasteiger partial charge is 0.180 e. The maximum atomic E-state index is 6.39. The van der Waals surface area contributed by atoms with Crippen LogP contribution < -0.4 is 0 Å². The van der Waals surface area contributed by atoms with E-state index < -0.39 is 0 Å².